The second-order valence-corrected chi connectivity index (χ2v) is 7.00. The van der Waals surface area contributed by atoms with Crippen molar-refractivity contribution in [2.45, 2.75) is 90.7 Å². The molecule has 2 nitrogen and oxygen atoms in total. The molecule has 0 heterocycles. The molecule has 1 unspecified atom stereocenters. The number of nitrogens with one attached hydrogen (secondary N) is 1. The number of likely N-dealkylation sites (N-methyl/N-ethyl adjacent to an activating group) is 1. The van der Waals surface area contributed by atoms with Crippen LogP contribution in [0.2, 0.25) is 0 Å². The summed E-state index contributed by atoms with van der Waals surface area (Å²) in [5.41, 5.74) is 0.592. The van der Waals surface area contributed by atoms with Gasteiger partial charge in [0, 0.05) is 12.6 Å². The first-order valence-corrected chi connectivity index (χ1v) is 8.31. The van der Waals surface area contributed by atoms with Crippen molar-refractivity contribution in [1.82, 2.24) is 5.32 Å². The fourth-order valence-electron chi connectivity index (χ4n) is 3.50. The van der Waals surface area contributed by atoms with Crippen LogP contribution in [0, 0.1) is 5.41 Å². The summed E-state index contributed by atoms with van der Waals surface area (Å²) >= 11 is 0. The quantitative estimate of drug-likeness (QED) is 0.654. The lowest BCUT2D eigenvalue weighted by molar-refractivity contribution is -0.107. The van der Waals surface area contributed by atoms with Crippen LogP contribution in [-0.4, -0.2) is 25.3 Å². The minimum absolute atomic E-state index is 0.0900. The Morgan fingerprint density at radius 3 is 2.16 bits per heavy atom. The van der Waals surface area contributed by atoms with Gasteiger partial charge in [-0.1, -0.05) is 40.0 Å². The third kappa shape index (κ3) is 4.75. The highest BCUT2D eigenvalue weighted by molar-refractivity contribution is 4.98. The first-order valence-electron chi connectivity index (χ1n) is 8.31. The molecule has 0 amide bonds. The summed E-state index contributed by atoms with van der Waals surface area (Å²) < 4.78 is 6.28. The van der Waals surface area contributed by atoms with Crippen LogP contribution in [0.25, 0.3) is 0 Å². The largest absolute Gasteiger partial charge is 0.374 e. The van der Waals surface area contributed by atoms with Crippen LogP contribution in [0.5, 0.6) is 0 Å². The lowest BCUT2D eigenvalue weighted by atomic mass is 9.67. The summed E-state index contributed by atoms with van der Waals surface area (Å²) in [4.78, 5) is 0. The zero-order valence-electron chi connectivity index (χ0n) is 13.8. The van der Waals surface area contributed by atoms with Crippen molar-refractivity contribution in [2.24, 2.45) is 5.41 Å². The van der Waals surface area contributed by atoms with E-state index >= 15 is 0 Å². The molecule has 0 bridgehead atoms. The van der Waals surface area contributed by atoms with Crippen LogP contribution in [0.3, 0.4) is 0 Å². The molecule has 0 aromatic heterocycles. The molecular formula is C17H35NO. The van der Waals surface area contributed by atoms with Gasteiger partial charge in [0.1, 0.15) is 0 Å². The van der Waals surface area contributed by atoms with Gasteiger partial charge in [0.15, 0.2) is 0 Å². The Balaban J connectivity index is 2.68. The zero-order chi connectivity index (χ0) is 14.4. The van der Waals surface area contributed by atoms with Crippen molar-refractivity contribution in [3.05, 3.63) is 0 Å². The highest BCUT2D eigenvalue weighted by atomic mass is 16.5. The number of rotatable bonds is 8. The summed E-state index contributed by atoms with van der Waals surface area (Å²) in [6.45, 7) is 10.0. The Bertz CT molecular complexity index is 240. The van der Waals surface area contributed by atoms with Gasteiger partial charge in [-0.15, -0.1) is 0 Å². The van der Waals surface area contributed by atoms with E-state index in [1.807, 2.05) is 0 Å². The van der Waals surface area contributed by atoms with Crippen molar-refractivity contribution < 1.29 is 4.74 Å². The molecular weight excluding hydrogens is 234 g/mol. The predicted molar refractivity (Wildman–Crippen MR) is 83.6 cm³/mol. The summed E-state index contributed by atoms with van der Waals surface area (Å²) in [6, 6.07) is 0.523. The Labute approximate surface area is 120 Å². The molecule has 0 aromatic rings. The number of hydrogen-bond acceptors (Lipinski definition) is 2. The van der Waals surface area contributed by atoms with Gasteiger partial charge in [0.25, 0.3) is 0 Å². The fraction of sp³-hybridized carbons (Fsp3) is 1.00. The maximum atomic E-state index is 6.28. The van der Waals surface area contributed by atoms with Gasteiger partial charge in [-0.3, -0.25) is 0 Å². The molecule has 1 fully saturated rings. The molecule has 1 saturated carbocycles. The lowest BCUT2D eigenvalue weighted by Crippen LogP contribution is -2.54. The molecule has 1 rings (SSSR count). The third-order valence-corrected chi connectivity index (χ3v) is 4.96. The topological polar surface area (TPSA) is 21.3 Å². The standard InChI is InChI=1S/C17H35NO/c1-6-8-9-10-15(18-5)17(19-7-2)13-11-16(3,4)12-14-17/h15,18H,6-14H2,1-5H3. The number of unbranched alkanes of at least 4 members (excludes halogenated alkanes) is 2. The van der Waals surface area contributed by atoms with Crippen LogP contribution in [0.4, 0.5) is 0 Å². The molecule has 0 radical (unpaired) electrons. The summed E-state index contributed by atoms with van der Waals surface area (Å²) in [5.74, 6) is 0. The maximum absolute atomic E-state index is 6.28. The predicted octanol–water partition coefficient (Wildman–Crippen LogP) is 4.53. The normalized spacial score (nSPS) is 23.2. The maximum Gasteiger partial charge on any atom is 0.0834 e. The minimum atomic E-state index is 0.0900. The van der Waals surface area contributed by atoms with Gasteiger partial charge in [-0.2, -0.15) is 0 Å². The Morgan fingerprint density at radius 2 is 1.68 bits per heavy atom. The van der Waals surface area contributed by atoms with Crippen molar-refractivity contribution in [1.29, 1.82) is 0 Å². The molecule has 0 aromatic carbocycles. The second kappa shape index (κ2) is 7.64. The third-order valence-electron chi connectivity index (χ3n) is 4.96. The zero-order valence-corrected chi connectivity index (χ0v) is 13.8. The van der Waals surface area contributed by atoms with E-state index < -0.39 is 0 Å². The van der Waals surface area contributed by atoms with Crippen molar-refractivity contribution in [3.8, 4) is 0 Å². The Hall–Kier alpha value is -0.0800. The molecule has 2 heteroatoms. The molecule has 1 aliphatic rings. The van der Waals surface area contributed by atoms with Crippen molar-refractivity contribution in [3.63, 3.8) is 0 Å². The van der Waals surface area contributed by atoms with Gasteiger partial charge in [-0.25, -0.2) is 0 Å². The van der Waals surface area contributed by atoms with E-state index in [0.717, 1.165) is 6.61 Å². The summed E-state index contributed by atoms with van der Waals surface area (Å²) in [6.07, 6.45) is 10.2. The number of ether oxygens (including phenoxy) is 1. The van der Waals surface area contributed by atoms with Crippen molar-refractivity contribution >= 4 is 0 Å². The smallest absolute Gasteiger partial charge is 0.0834 e. The van der Waals surface area contributed by atoms with Crippen molar-refractivity contribution in [2.75, 3.05) is 13.7 Å². The van der Waals surface area contributed by atoms with E-state index in [4.69, 9.17) is 4.74 Å². The molecule has 0 saturated heterocycles. The van der Waals surface area contributed by atoms with Gasteiger partial charge in [0.05, 0.1) is 5.60 Å². The van der Waals surface area contributed by atoms with Crippen LogP contribution >= 0.6 is 0 Å². The molecule has 1 N–H and O–H groups in total. The molecule has 0 aliphatic heterocycles. The van der Waals surface area contributed by atoms with Gasteiger partial charge >= 0.3 is 0 Å². The molecule has 1 aliphatic carbocycles. The van der Waals surface area contributed by atoms with E-state index in [1.54, 1.807) is 0 Å². The van der Waals surface area contributed by atoms with Crippen LogP contribution < -0.4 is 5.32 Å². The fourth-order valence-corrected chi connectivity index (χ4v) is 3.50. The molecule has 19 heavy (non-hydrogen) atoms. The van der Waals surface area contributed by atoms with Crippen LogP contribution in [0.15, 0.2) is 0 Å². The second-order valence-electron chi connectivity index (χ2n) is 7.00. The highest BCUT2D eigenvalue weighted by Gasteiger charge is 2.43. The average Bonchev–Trinajstić information content (AvgIpc) is 2.38. The molecule has 1 atom stereocenters. The SMILES string of the molecule is CCCCCC(NC)C1(OCC)CCC(C)(C)CC1. The first-order chi connectivity index (χ1) is 8.99. The number of hydrogen-bond donors (Lipinski definition) is 1. The summed E-state index contributed by atoms with van der Waals surface area (Å²) in [7, 11) is 2.11. The first kappa shape index (κ1) is 17.0. The monoisotopic (exact) mass is 269 g/mol. The van der Waals surface area contributed by atoms with E-state index in [0.29, 0.717) is 11.5 Å². The van der Waals surface area contributed by atoms with Crippen LogP contribution in [-0.2, 0) is 4.74 Å². The summed E-state index contributed by atoms with van der Waals surface area (Å²) in [5, 5.41) is 3.56. The Kier molecular flexibility index (Phi) is 6.82. The van der Waals surface area contributed by atoms with E-state index in [2.05, 4.69) is 40.1 Å². The molecule has 114 valence electrons. The van der Waals surface area contributed by atoms with E-state index in [-0.39, 0.29) is 5.60 Å². The molecule has 0 spiro atoms. The van der Waals surface area contributed by atoms with Crippen LogP contribution in [0.1, 0.15) is 79.1 Å². The Morgan fingerprint density at radius 1 is 1.05 bits per heavy atom. The highest BCUT2D eigenvalue weighted by Crippen LogP contribution is 2.44. The van der Waals surface area contributed by atoms with Gasteiger partial charge < -0.3 is 10.1 Å². The van der Waals surface area contributed by atoms with Gasteiger partial charge in [-0.05, 0) is 51.5 Å². The average molecular weight is 269 g/mol. The lowest BCUT2D eigenvalue weighted by Gasteiger charge is -2.47. The van der Waals surface area contributed by atoms with E-state index in [9.17, 15) is 0 Å². The van der Waals surface area contributed by atoms with E-state index in [1.165, 1.54) is 51.4 Å². The minimum Gasteiger partial charge on any atom is -0.374 e. The van der Waals surface area contributed by atoms with Gasteiger partial charge in [0.2, 0.25) is 0 Å².